The summed E-state index contributed by atoms with van der Waals surface area (Å²) in [6, 6.07) is 6.22. The fourth-order valence-electron chi connectivity index (χ4n) is 5.43. The molecule has 37 heavy (non-hydrogen) atoms. The van der Waals surface area contributed by atoms with E-state index in [1.807, 2.05) is 11.1 Å². The molecule has 11 heteroatoms. The Labute approximate surface area is 211 Å². The number of rotatable bonds is 5. The summed E-state index contributed by atoms with van der Waals surface area (Å²) in [7, 11) is 0. The van der Waals surface area contributed by atoms with Gasteiger partial charge >= 0.3 is 5.97 Å². The van der Waals surface area contributed by atoms with Gasteiger partial charge in [0.15, 0.2) is 0 Å². The molecule has 1 aromatic carbocycles. The summed E-state index contributed by atoms with van der Waals surface area (Å²) in [4.78, 5) is 40.0. The molecule has 0 unspecified atom stereocenters. The number of hydrogen-bond acceptors (Lipinski definition) is 6. The number of fused-ring (bicyclic) bond motifs is 2. The summed E-state index contributed by atoms with van der Waals surface area (Å²) in [5, 5.41) is 13.0. The molecule has 4 heterocycles. The minimum absolute atomic E-state index is 0.00221. The summed E-state index contributed by atoms with van der Waals surface area (Å²) in [5.41, 5.74) is 0.295. The maximum absolute atomic E-state index is 14.4. The van der Waals surface area contributed by atoms with Gasteiger partial charge in [-0.15, -0.1) is 0 Å². The lowest BCUT2D eigenvalue weighted by molar-refractivity contribution is -0.138. The Morgan fingerprint density at radius 2 is 1.89 bits per heavy atom. The molecular weight excluding hydrogens is 477 g/mol. The lowest BCUT2D eigenvalue weighted by atomic mass is 9.85. The molecule has 190 valence electrons. The summed E-state index contributed by atoms with van der Waals surface area (Å²) >= 11 is 0. The van der Waals surface area contributed by atoms with E-state index in [9.17, 15) is 19.1 Å². The summed E-state index contributed by atoms with van der Waals surface area (Å²) in [5.74, 6) is 0.178. The molecule has 1 aliphatic carbocycles. The molecule has 4 aromatic rings. The molecule has 1 amide bonds. The van der Waals surface area contributed by atoms with E-state index in [0.29, 0.717) is 30.4 Å². The van der Waals surface area contributed by atoms with Gasteiger partial charge in [0.2, 0.25) is 11.9 Å². The smallest absolute Gasteiger partial charge is 0.338 e. The van der Waals surface area contributed by atoms with Crippen molar-refractivity contribution in [1.29, 1.82) is 0 Å². The van der Waals surface area contributed by atoms with Crippen molar-refractivity contribution in [3.05, 3.63) is 66.3 Å². The van der Waals surface area contributed by atoms with Crippen LogP contribution in [0, 0.1) is 11.7 Å². The van der Waals surface area contributed by atoms with Gasteiger partial charge in [0.1, 0.15) is 17.5 Å². The molecule has 0 spiro atoms. The van der Waals surface area contributed by atoms with Crippen LogP contribution in [0.15, 0.2) is 49.1 Å². The number of benzene rings is 1. The van der Waals surface area contributed by atoms with Gasteiger partial charge in [0, 0.05) is 49.8 Å². The Balaban J connectivity index is 1.13. The van der Waals surface area contributed by atoms with Gasteiger partial charge in [-0.05, 0) is 43.9 Å². The van der Waals surface area contributed by atoms with E-state index >= 15 is 0 Å². The van der Waals surface area contributed by atoms with E-state index in [4.69, 9.17) is 0 Å². The number of carbonyl (C=O) groups excluding carboxylic acids is 1. The predicted octanol–water partition coefficient (Wildman–Crippen LogP) is 3.47. The van der Waals surface area contributed by atoms with Crippen LogP contribution in [-0.2, 0) is 17.9 Å². The zero-order chi connectivity index (χ0) is 25.5. The van der Waals surface area contributed by atoms with E-state index < -0.39 is 11.8 Å². The number of halogens is 1. The highest BCUT2D eigenvalue weighted by Gasteiger charge is 2.31. The van der Waals surface area contributed by atoms with E-state index in [2.05, 4.69) is 24.8 Å². The first-order chi connectivity index (χ1) is 18.0. The van der Waals surface area contributed by atoms with Gasteiger partial charge in [-0.1, -0.05) is 6.07 Å². The highest BCUT2D eigenvalue weighted by Crippen LogP contribution is 2.30. The number of carboxylic acids is 1. The summed E-state index contributed by atoms with van der Waals surface area (Å²) < 4.78 is 18.1. The first-order valence-electron chi connectivity index (χ1n) is 12.4. The Morgan fingerprint density at radius 3 is 2.70 bits per heavy atom. The molecule has 2 N–H and O–H groups in total. The molecule has 1 fully saturated rings. The molecule has 2 aliphatic rings. The van der Waals surface area contributed by atoms with Gasteiger partial charge in [-0.2, -0.15) is 4.98 Å². The topological polar surface area (TPSA) is 118 Å². The standard InChI is InChI=1S/C26H26FN7O3/c27-19-2-1-3-20-23(19)18(25(36)37)14-34(20)21-8-9-29-26(31-21)30-17-6-4-16(5-7-17)24(35)33-13-12-32-11-10-28-22(32)15-33/h1-3,8-11,14,16-17H,4-7,12-13,15H2,(H,36,37)(H,29,30,31). The molecule has 0 radical (unpaired) electrons. The van der Waals surface area contributed by atoms with Gasteiger partial charge in [-0.25, -0.2) is 19.2 Å². The molecule has 0 atom stereocenters. The average molecular weight is 504 g/mol. The number of anilines is 1. The lowest BCUT2D eigenvalue weighted by Gasteiger charge is -2.34. The number of aromatic carboxylic acids is 1. The van der Waals surface area contributed by atoms with Crippen molar-refractivity contribution in [3.8, 4) is 5.82 Å². The summed E-state index contributed by atoms with van der Waals surface area (Å²) in [6.45, 7) is 2.05. The monoisotopic (exact) mass is 503 g/mol. The second-order valence-corrected chi connectivity index (χ2v) is 9.58. The second-order valence-electron chi connectivity index (χ2n) is 9.58. The Morgan fingerprint density at radius 1 is 1.05 bits per heavy atom. The van der Waals surface area contributed by atoms with Crippen molar-refractivity contribution in [3.63, 3.8) is 0 Å². The SMILES string of the molecule is O=C(O)c1cn(-c2ccnc(NC3CCC(C(=O)N4CCn5ccnc5C4)CC3)n2)c2cccc(F)c12. The zero-order valence-corrected chi connectivity index (χ0v) is 20.0. The van der Waals surface area contributed by atoms with Crippen LogP contribution in [0.2, 0.25) is 0 Å². The molecule has 6 rings (SSSR count). The van der Waals surface area contributed by atoms with Gasteiger partial charge < -0.3 is 24.5 Å². The molecule has 0 saturated heterocycles. The maximum atomic E-state index is 14.4. The van der Waals surface area contributed by atoms with E-state index in [1.54, 1.807) is 29.1 Å². The third kappa shape index (κ3) is 4.30. The third-order valence-corrected chi connectivity index (χ3v) is 7.36. The van der Waals surface area contributed by atoms with Crippen molar-refractivity contribution in [2.45, 2.75) is 44.8 Å². The normalized spacial score (nSPS) is 19.5. The first-order valence-corrected chi connectivity index (χ1v) is 12.4. The number of hydrogen-bond donors (Lipinski definition) is 2. The maximum Gasteiger partial charge on any atom is 0.338 e. The van der Waals surface area contributed by atoms with E-state index in [-0.39, 0.29) is 28.8 Å². The largest absolute Gasteiger partial charge is 0.478 e. The second kappa shape index (κ2) is 9.30. The quantitative estimate of drug-likeness (QED) is 0.428. The van der Waals surface area contributed by atoms with Crippen molar-refractivity contribution >= 4 is 28.7 Å². The Bertz CT molecular complexity index is 1490. The minimum Gasteiger partial charge on any atom is -0.478 e. The molecule has 1 saturated carbocycles. The van der Waals surface area contributed by atoms with Crippen LogP contribution in [0.5, 0.6) is 0 Å². The van der Waals surface area contributed by atoms with Crippen molar-refractivity contribution < 1.29 is 19.1 Å². The number of aromatic nitrogens is 5. The molecule has 0 bridgehead atoms. The van der Waals surface area contributed by atoms with Crippen molar-refractivity contribution in [2.75, 3.05) is 11.9 Å². The lowest BCUT2D eigenvalue weighted by Crippen LogP contribution is -2.43. The number of carbonyl (C=O) groups is 2. The van der Waals surface area contributed by atoms with Crippen LogP contribution in [0.4, 0.5) is 10.3 Å². The Hall–Kier alpha value is -4.28. The fourth-order valence-corrected chi connectivity index (χ4v) is 5.43. The van der Waals surface area contributed by atoms with Crippen LogP contribution in [0.25, 0.3) is 16.7 Å². The first kappa shape index (κ1) is 23.1. The number of imidazole rings is 1. The van der Waals surface area contributed by atoms with Gasteiger partial charge in [0.05, 0.1) is 23.0 Å². The fraction of sp³-hybridized carbons (Fsp3) is 0.346. The van der Waals surface area contributed by atoms with E-state index in [0.717, 1.165) is 38.1 Å². The van der Waals surface area contributed by atoms with Crippen LogP contribution in [-0.4, -0.2) is 58.6 Å². The van der Waals surface area contributed by atoms with Crippen LogP contribution < -0.4 is 5.32 Å². The van der Waals surface area contributed by atoms with E-state index in [1.165, 1.54) is 18.3 Å². The number of amides is 1. The van der Waals surface area contributed by atoms with Gasteiger partial charge in [-0.3, -0.25) is 4.79 Å². The molecule has 1 aliphatic heterocycles. The van der Waals surface area contributed by atoms with Crippen LogP contribution in [0.1, 0.15) is 41.9 Å². The molecular formula is C26H26FN7O3. The third-order valence-electron chi connectivity index (χ3n) is 7.36. The minimum atomic E-state index is -1.21. The Kier molecular flexibility index (Phi) is 5.82. The molecule has 3 aromatic heterocycles. The van der Waals surface area contributed by atoms with Crippen LogP contribution >= 0.6 is 0 Å². The highest BCUT2D eigenvalue weighted by atomic mass is 19.1. The number of carboxylic acid groups (broad SMARTS) is 1. The molecule has 10 nitrogen and oxygen atoms in total. The van der Waals surface area contributed by atoms with Gasteiger partial charge in [0.25, 0.3) is 0 Å². The number of nitrogens with zero attached hydrogens (tertiary/aromatic N) is 6. The average Bonchev–Trinajstić information content (AvgIpc) is 3.54. The van der Waals surface area contributed by atoms with Crippen molar-refractivity contribution in [2.24, 2.45) is 5.92 Å². The predicted molar refractivity (Wildman–Crippen MR) is 133 cm³/mol. The highest BCUT2D eigenvalue weighted by molar-refractivity contribution is 6.04. The number of nitrogens with one attached hydrogen (secondary N) is 1. The van der Waals surface area contributed by atoms with Crippen LogP contribution in [0.3, 0.4) is 0 Å². The zero-order valence-electron chi connectivity index (χ0n) is 20.0. The van der Waals surface area contributed by atoms with Crippen molar-refractivity contribution in [1.82, 2.24) is 29.0 Å². The summed E-state index contributed by atoms with van der Waals surface area (Å²) in [6.07, 6.45) is 9.89.